The van der Waals surface area contributed by atoms with Crippen LogP contribution in [-0.4, -0.2) is 23.4 Å². The van der Waals surface area contributed by atoms with Gasteiger partial charge in [-0.15, -0.1) is 0 Å². The highest BCUT2D eigenvalue weighted by molar-refractivity contribution is 6.08. The molecule has 3 nitrogen and oxygen atoms in total. The van der Waals surface area contributed by atoms with Gasteiger partial charge in [-0.1, -0.05) is 31.0 Å². The molecule has 1 saturated carbocycles. The number of hydrogen-bond acceptors (Lipinski definition) is 3. The van der Waals surface area contributed by atoms with Gasteiger partial charge >= 0.3 is 0 Å². The van der Waals surface area contributed by atoms with Crippen molar-refractivity contribution in [3.63, 3.8) is 0 Å². The average molecular weight is 254 g/mol. The van der Waals surface area contributed by atoms with Crippen LogP contribution in [-0.2, 0) is 0 Å². The summed E-state index contributed by atoms with van der Waals surface area (Å²) in [5.41, 5.74) is 1.66. The summed E-state index contributed by atoms with van der Waals surface area (Å²) in [6.45, 7) is 0.429. The minimum atomic E-state index is 0.158. The molecule has 98 valence electrons. The van der Waals surface area contributed by atoms with Gasteiger partial charge in [-0.05, 0) is 25.0 Å². The quantitative estimate of drug-likeness (QED) is 0.853. The molecule has 1 aromatic carbocycles. The van der Waals surface area contributed by atoms with Gasteiger partial charge in [-0.2, -0.15) is 0 Å². The molecule has 0 atom stereocenters. The Morgan fingerprint density at radius 2 is 2.05 bits per heavy atom. The van der Waals surface area contributed by atoms with Gasteiger partial charge in [0.2, 0.25) is 0 Å². The molecule has 1 aromatic heterocycles. The molecule has 1 N–H and O–H groups in total. The van der Waals surface area contributed by atoms with E-state index in [0.717, 1.165) is 16.5 Å². The third-order valence-corrected chi connectivity index (χ3v) is 3.85. The van der Waals surface area contributed by atoms with E-state index < -0.39 is 0 Å². The van der Waals surface area contributed by atoms with Crippen LogP contribution in [0.3, 0.4) is 0 Å². The van der Waals surface area contributed by atoms with E-state index in [1.165, 1.54) is 25.7 Å². The zero-order valence-electron chi connectivity index (χ0n) is 10.9. The van der Waals surface area contributed by atoms with E-state index in [1.807, 2.05) is 30.3 Å². The van der Waals surface area contributed by atoms with Crippen molar-refractivity contribution < 1.29 is 4.79 Å². The first-order valence-electron chi connectivity index (χ1n) is 6.95. The number of Topliss-reactive ketones (excluding diaryl/α,β-unsaturated/α-hetero) is 1. The van der Waals surface area contributed by atoms with Crippen molar-refractivity contribution in [1.29, 1.82) is 0 Å². The fraction of sp³-hybridized carbons (Fsp3) is 0.375. The lowest BCUT2D eigenvalue weighted by Gasteiger charge is -2.11. The van der Waals surface area contributed by atoms with E-state index >= 15 is 0 Å². The summed E-state index contributed by atoms with van der Waals surface area (Å²) in [7, 11) is 0. The van der Waals surface area contributed by atoms with Crippen LogP contribution in [0.1, 0.15) is 36.0 Å². The summed E-state index contributed by atoms with van der Waals surface area (Å²) in [6.07, 6.45) is 6.72. The smallest absolute Gasteiger partial charge is 0.177 e. The number of pyridine rings is 1. The molecule has 0 saturated heterocycles. The van der Waals surface area contributed by atoms with Crippen LogP contribution >= 0.6 is 0 Å². The van der Waals surface area contributed by atoms with E-state index in [-0.39, 0.29) is 5.78 Å². The van der Waals surface area contributed by atoms with Gasteiger partial charge in [0.25, 0.3) is 0 Å². The minimum Gasteiger partial charge on any atom is -0.307 e. The number of carbonyl (C=O) groups excluding carboxylic acids is 1. The second kappa shape index (κ2) is 5.49. The number of aromatic nitrogens is 1. The van der Waals surface area contributed by atoms with Gasteiger partial charge in [-0.3, -0.25) is 9.78 Å². The van der Waals surface area contributed by atoms with Crippen LogP contribution in [0.15, 0.2) is 36.5 Å². The summed E-state index contributed by atoms with van der Waals surface area (Å²) in [5, 5.41) is 4.32. The Morgan fingerprint density at radius 1 is 1.21 bits per heavy atom. The standard InChI is InChI=1S/C16H18N2O/c19-16(11-18-12-5-1-2-6-12)14-7-3-9-15-13(14)8-4-10-17-15/h3-4,7-10,12,18H,1-2,5-6,11H2. The first-order chi connectivity index (χ1) is 9.34. The Labute approximate surface area is 113 Å². The lowest BCUT2D eigenvalue weighted by molar-refractivity contribution is 0.0989. The van der Waals surface area contributed by atoms with Gasteiger partial charge in [0.05, 0.1) is 12.1 Å². The molecule has 0 bridgehead atoms. The number of ketones is 1. The molecule has 19 heavy (non-hydrogen) atoms. The monoisotopic (exact) mass is 254 g/mol. The first-order valence-corrected chi connectivity index (χ1v) is 6.95. The van der Waals surface area contributed by atoms with Crippen molar-refractivity contribution in [2.75, 3.05) is 6.54 Å². The van der Waals surface area contributed by atoms with Crippen LogP contribution in [0.5, 0.6) is 0 Å². The summed E-state index contributed by atoms with van der Waals surface area (Å²) in [6, 6.07) is 10.1. The predicted molar refractivity (Wildman–Crippen MR) is 76.3 cm³/mol. The van der Waals surface area contributed by atoms with Gasteiger partial charge in [0.15, 0.2) is 5.78 Å². The van der Waals surface area contributed by atoms with Gasteiger partial charge in [0.1, 0.15) is 0 Å². The van der Waals surface area contributed by atoms with E-state index in [4.69, 9.17) is 0 Å². The zero-order chi connectivity index (χ0) is 13.1. The van der Waals surface area contributed by atoms with E-state index in [9.17, 15) is 4.79 Å². The molecule has 1 fully saturated rings. The number of hydrogen-bond donors (Lipinski definition) is 1. The molecule has 0 spiro atoms. The Morgan fingerprint density at radius 3 is 2.89 bits per heavy atom. The molecule has 3 rings (SSSR count). The highest BCUT2D eigenvalue weighted by Gasteiger charge is 2.16. The van der Waals surface area contributed by atoms with Gasteiger partial charge < -0.3 is 5.32 Å². The van der Waals surface area contributed by atoms with Crippen molar-refractivity contribution in [2.45, 2.75) is 31.7 Å². The molecule has 0 amide bonds. The summed E-state index contributed by atoms with van der Waals surface area (Å²) in [5.74, 6) is 0.158. The van der Waals surface area contributed by atoms with Crippen molar-refractivity contribution in [3.05, 3.63) is 42.1 Å². The topological polar surface area (TPSA) is 42.0 Å². The van der Waals surface area contributed by atoms with Crippen molar-refractivity contribution in [2.24, 2.45) is 0 Å². The molecule has 0 aliphatic heterocycles. The number of nitrogens with one attached hydrogen (secondary N) is 1. The third kappa shape index (κ3) is 2.66. The summed E-state index contributed by atoms with van der Waals surface area (Å²) < 4.78 is 0. The maximum atomic E-state index is 12.3. The molecule has 1 heterocycles. The summed E-state index contributed by atoms with van der Waals surface area (Å²) >= 11 is 0. The Hall–Kier alpha value is -1.74. The van der Waals surface area contributed by atoms with Crippen LogP contribution in [0.25, 0.3) is 10.9 Å². The molecule has 2 aromatic rings. The van der Waals surface area contributed by atoms with Crippen LogP contribution < -0.4 is 5.32 Å². The highest BCUT2D eigenvalue weighted by Crippen LogP contribution is 2.19. The number of benzene rings is 1. The second-order valence-corrected chi connectivity index (χ2v) is 5.16. The van der Waals surface area contributed by atoms with Crippen molar-refractivity contribution >= 4 is 16.7 Å². The van der Waals surface area contributed by atoms with E-state index in [1.54, 1.807) is 6.20 Å². The number of carbonyl (C=O) groups is 1. The maximum Gasteiger partial charge on any atom is 0.177 e. The fourth-order valence-corrected chi connectivity index (χ4v) is 2.81. The van der Waals surface area contributed by atoms with Crippen LogP contribution in [0.4, 0.5) is 0 Å². The summed E-state index contributed by atoms with van der Waals surface area (Å²) in [4.78, 5) is 16.6. The van der Waals surface area contributed by atoms with E-state index in [2.05, 4.69) is 10.3 Å². The zero-order valence-corrected chi connectivity index (χ0v) is 10.9. The molecule has 0 radical (unpaired) electrons. The number of nitrogens with zero attached hydrogens (tertiary/aromatic N) is 1. The van der Waals surface area contributed by atoms with Crippen LogP contribution in [0, 0.1) is 0 Å². The van der Waals surface area contributed by atoms with Crippen LogP contribution in [0.2, 0.25) is 0 Å². The first kappa shape index (κ1) is 12.3. The Kier molecular flexibility index (Phi) is 3.56. The lowest BCUT2D eigenvalue weighted by Crippen LogP contribution is -2.31. The molecular formula is C16H18N2O. The normalized spacial score (nSPS) is 16.0. The fourth-order valence-electron chi connectivity index (χ4n) is 2.81. The maximum absolute atomic E-state index is 12.3. The number of rotatable bonds is 4. The van der Waals surface area contributed by atoms with E-state index in [0.29, 0.717) is 12.6 Å². The molecule has 1 aliphatic carbocycles. The SMILES string of the molecule is O=C(CNC1CCCC1)c1cccc2ncccc12. The minimum absolute atomic E-state index is 0.158. The predicted octanol–water partition coefficient (Wildman–Crippen LogP) is 2.95. The highest BCUT2D eigenvalue weighted by atomic mass is 16.1. The van der Waals surface area contributed by atoms with Gasteiger partial charge in [-0.25, -0.2) is 0 Å². The number of fused-ring (bicyclic) bond motifs is 1. The Bertz CT molecular complexity index is 583. The molecular weight excluding hydrogens is 236 g/mol. The van der Waals surface area contributed by atoms with Crippen molar-refractivity contribution in [1.82, 2.24) is 10.3 Å². The average Bonchev–Trinajstić information content (AvgIpc) is 2.97. The second-order valence-electron chi connectivity index (χ2n) is 5.16. The largest absolute Gasteiger partial charge is 0.307 e. The van der Waals surface area contributed by atoms with Gasteiger partial charge in [0, 0.05) is 23.2 Å². The third-order valence-electron chi connectivity index (χ3n) is 3.85. The van der Waals surface area contributed by atoms with Crippen molar-refractivity contribution in [3.8, 4) is 0 Å². The molecule has 1 aliphatic rings. The molecule has 0 unspecified atom stereocenters. The molecule has 3 heteroatoms. The lowest BCUT2D eigenvalue weighted by atomic mass is 10.0. The Balaban J connectivity index is 1.77.